The predicted octanol–water partition coefficient (Wildman–Crippen LogP) is 5.76. The summed E-state index contributed by atoms with van der Waals surface area (Å²) in [4.78, 5) is 25.0. The van der Waals surface area contributed by atoms with Crippen LogP contribution in [0.2, 0.25) is 0 Å². The van der Waals surface area contributed by atoms with Gasteiger partial charge >= 0.3 is 0 Å². The van der Waals surface area contributed by atoms with Gasteiger partial charge in [-0.05, 0) is 25.7 Å². The summed E-state index contributed by atoms with van der Waals surface area (Å²) < 4.78 is 0. The van der Waals surface area contributed by atoms with Gasteiger partial charge in [0.05, 0.1) is 0 Å². The fourth-order valence-corrected chi connectivity index (χ4v) is 5.60. The molecule has 1 aliphatic heterocycles. The summed E-state index contributed by atoms with van der Waals surface area (Å²) in [5, 5.41) is 0. The first-order valence-electron chi connectivity index (χ1n) is 9.56. The Morgan fingerprint density at radius 2 is 0.625 bits per heavy atom. The van der Waals surface area contributed by atoms with Crippen molar-refractivity contribution in [3.8, 4) is 0 Å². The van der Waals surface area contributed by atoms with Crippen molar-refractivity contribution in [2.45, 2.75) is 105 Å². The standard InChI is InChI=1S/C20H36O4/c1-15(2)11-9-12-16(3,4)19(15)21-23-20(24-22-19)17(5,6)13-10-14-18(20,7)8/h9-14H2,1-8H3. The minimum Gasteiger partial charge on any atom is -0.194 e. The molecule has 0 amide bonds. The van der Waals surface area contributed by atoms with Gasteiger partial charge < -0.3 is 0 Å². The third-order valence-corrected chi connectivity index (χ3v) is 7.32. The van der Waals surface area contributed by atoms with Crippen molar-refractivity contribution in [1.82, 2.24) is 0 Å². The smallest absolute Gasteiger partial charge is 0.194 e. The monoisotopic (exact) mass is 340 g/mol. The molecule has 0 bridgehead atoms. The zero-order valence-electron chi connectivity index (χ0n) is 16.9. The van der Waals surface area contributed by atoms with E-state index >= 15 is 0 Å². The van der Waals surface area contributed by atoms with Crippen molar-refractivity contribution in [3.63, 3.8) is 0 Å². The third-order valence-electron chi connectivity index (χ3n) is 7.32. The molecule has 140 valence electrons. The molecule has 0 aromatic carbocycles. The normalized spacial score (nSPS) is 35.0. The summed E-state index contributed by atoms with van der Waals surface area (Å²) in [6.45, 7) is 17.5. The summed E-state index contributed by atoms with van der Waals surface area (Å²) in [5.74, 6) is -1.76. The highest BCUT2D eigenvalue weighted by Crippen LogP contribution is 2.64. The van der Waals surface area contributed by atoms with E-state index in [4.69, 9.17) is 19.6 Å². The highest BCUT2D eigenvalue weighted by molar-refractivity contribution is 5.05. The molecule has 2 aliphatic carbocycles. The lowest BCUT2D eigenvalue weighted by atomic mass is 9.59. The Morgan fingerprint density at radius 3 is 0.833 bits per heavy atom. The Kier molecular flexibility index (Phi) is 4.02. The van der Waals surface area contributed by atoms with Crippen LogP contribution in [0.25, 0.3) is 0 Å². The molecule has 0 unspecified atom stereocenters. The lowest BCUT2D eigenvalue weighted by Gasteiger charge is -2.64. The summed E-state index contributed by atoms with van der Waals surface area (Å²) in [6.07, 6.45) is 6.45. The van der Waals surface area contributed by atoms with Crippen molar-refractivity contribution in [3.05, 3.63) is 0 Å². The minimum atomic E-state index is -0.882. The molecule has 0 atom stereocenters. The Morgan fingerprint density at radius 1 is 0.417 bits per heavy atom. The van der Waals surface area contributed by atoms with E-state index in [1.165, 1.54) is 0 Å². The molecule has 0 N–H and O–H groups in total. The quantitative estimate of drug-likeness (QED) is 0.525. The van der Waals surface area contributed by atoms with Gasteiger partial charge in [-0.3, -0.25) is 0 Å². The zero-order chi connectivity index (χ0) is 18.1. The average Bonchev–Trinajstić information content (AvgIpc) is 2.43. The molecule has 0 aromatic heterocycles. The summed E-state index contributed by atoms with van der Waals surface area (Å²) >= 11 is 0. The second-order valence-corrected chi connectivity index (χ2v) is 10.8. The van der Waals surface area contributed by atoms with Crippen molar-refractivity contribution in [1.29, 1.82) is 0 Å². The van der Waals surface area contributed by atoms with Gasteiger partial charge in [0.2, 0.25) is 11.6 Å². The van der Waals surface area contributed by atoms with Gasteiger partial charge in [-0.1, -0.05) is 68.2 Å². The van der Waals surface area contributed by atoms with Crippen LogP contribution in [-0.2, 0) is 19.6 Å². The molecule has 3 aliphatic rings. The van der Waals surface area contributed by atoms with E-state index in [9.17, 15) is 0 Å². The van der Waals surface area contributed by atoms with Crippen LogP contribution in [0.1, 0.15) is 93.9 Å². The van der Waals surface area contributed by atoms with E-state index in [1.54, 1.807) is 0 Å². The van der Waals surface area contributed by atoms with E-state index in [-0.39, 0.29) is 21.7 Å². The van der Waals surface area contributed by atoms with Gasteiger partial charge in [0.25, 0.3) is 0 Å². The number of hydrogen-bond acceptors (Lipinski definition) is 4. The largest absolute Gasteiger partial charge is 0.244 e. The van der Waals surface area contributed by atoms with Gasteiger partial charge in [0.15, 0.2) is 0 Å². The Labute approximate surface area is 147 Å². The molecule has 0 aromatic rings. The van der Waals surface area contributed by atoms with Gasteiger partial charge in [0.1, 0.15) is 0 Å². The molecular formula is C20H36O4. The van der Waals surface area contributed by atoms with Crippen molar-refractivity contribution in [2.75, 3.05) is 0 Å². The van der Waals surface area contributed by atoms with Crippen LogP contribution >= 0.6 is 0 Å². The topological polar surface area (TPSA) is 36.9 Å². The third kappa shape index (κ3) is 2.19. The predicted molar refractivity (Wildman–Crippen MR) is 92.6 cm³/mol. The number of rotatable bonds is 0. The molecule has 4 nitrogen and oxygen atoms in total. The van der Waals surface area contributed by atoms with Crippen LogP contribution in [0.3, 0.4) is 0 Å². The summed E-state index contributed by atoms with van der Waals surface area (Å²) in [6, 6.07) is 0. The zero-order valence-corrected chi connectivity index (χ0v) is 16.9. The molecular weight excluding hydrogens is 304 g/mol. The maximum atomic E-state index is 6.25. The molecule has 1 saturated heterocycles. The van der Waals surface area contributed by atoms with Gasteiger partial charge in [-0.25, -0.2) is 0 Å². The van der Waals surface area contributed by atoms with E-state index in [0.29, 0.717) is 0 Å². The van der Waals surface area contributed by atoms with Crippen molar-refractivity contribution < 1.29 is 19.6 Å². The first-order chi connectivity index (χ1) is 10.8. The Balaban J connectivity index is 1.97. The SMILES string of the molecule is CC1(C)CCCC(C)(C)C12OOC1(OO2)C(C)(C)CCCC1(C)C. The maximum Gasteiger partial charge on any atom is 0.244 e. The van der Waals surface area contributed by atoms with E-state index in [1.807, 2.05) is 0 Å². The van der Waals surface area contributed by atoms with Gasteiger partial charge in [-0.2, -0.15) is 19.6 Å². The van der Waals surface area contributed by atoms with Crippen LogP contribution in [0.15, 0.2) is 0 Å². The fourth-order valence-electron chi connectivity index (χ4n) is 5.60. The summed E-state index contributed by atoms with van der Waals surface area (Å²) in [7, 11) is 0. The van der Waals surface area contributed by atoms with Gasteiger partial charge in [0, 0.05) is 21.7 Å². The van der Waals surface area contributed by atoms with Crippen LogP contribution in [-0.4, -0.2) is 11.6 Å². The van der Waals surface area contributed by atoms with Crippen LogP contribution in [0, 0.1) is 21.7 Å². The molecule has 2 saturated carbocycles. The minimum absolute atomic E-state index is 0.181. The molecule has 4 heteroatoms. The highest BCUT2D eigenvalue weighted by Gasteiger charge is 2.71. The Hall–Kier alpha value is -0.160. The molecule has 0 radical (unpaired) electrons. The molecule has 1 heterocycles. The highest BCUT2D eigenvalue weighted by atomic mass is 17.4. The molecule has 24 heavy (non-hydrogen) atoms. The molecule has 3 rings (SSSR count). The van der Waals surface area contributed by atoms with E-state index in [0.717, 1.165) is 38.5 Å². The first kappa shape index (κ1) is 18.6. The van der Waals surface area contributed by atoms with Crippen molar-refractivity contribution >= 4 is 0 Å². The van der Waals surface area contributed by atoms with Crippen LogP contribution in [0.5, 0.6) is 0 Å². The number of hydrogen-bond donors (Lipinski definition) is 0. The van der Waals surface area contributed by atoms with Gasteiger partial charge in [-0.15, -0.1) is 0 Å². The van der Waals surface area contributed by atoms with Crippen LogP contribution in [0.4, 0.5) is 0 Å². The van der Waals surface area contributed by atoms with Crippen LogP contribution < -0.4 is 0 Å². The second-order valence-electron chi connectivity index (χ2n) is 10.8. The van der Waals surface area contributed by atoms with E-state index < -0.39 is 11.6 Å². The Bertz CT molecular complexity index is 414. The molecule has 2 spiro atoms. The average molecular weight is 341 g/mol. The lowest BCUT2D eigenvalue weighted by molar-refractivity contribution is -0.711. The van der Waals surface area contributed by atoms with Crippen molar-refractivity contribution in [2.24, 2.45) is 21.7 Å². The summed E-state index contributed by atoms with van der Waals surface area (Å²) in [5.41, 5.74) is -0.725. The fraction of sp³-hybridized carbons (Fsp3) is 1.00. The lowest BCUT2D eigenvalue weighted by Crippen LogP contribution is -2.71. The first-order valence-corrected chi connectivity index (χ1v) is 9.56. The molecule has 3 fully saturated rings. The van der Waals surface area contributed by atoms with E-state index in [2.05, 4.69) is 55.4 Å². The maximum absolute atomic E-state index is 6.25. The second kappa shape index (κ2) is 5.18.